The van der Waals surface area contributed by atoms with Crippen LogP contribution in [0, 0.1) is 0 Å². The maximum atomic E-state index is 11.0. The number of carbonyl (C=O) groups is 1. The summed E-state index contributed by atoms with van der Waals surface area (Å²) in [7, 11) is 0. The van der Waals surface area contributed by atoms with Gasteiger partial charge in [0.25, 0.3) is 0 Å². The largest absolute Gasteiger partial charge is 0.370 e. The second-order valence-corrected chi connectivity index (χ2v) is 6.58. The minimum Gasteiger partial charge on any atom is -0.370 e. The van der Waals surface area contributed by atoms with Gasteiger partial charge in [-0.1, -0.05) is 54.2 Å². The van der Waals surface area contributed by atoms with E-state index in [9.17, 15) is 4.79 Å². The highest BCUT2D eigenvalue weighted by molar-refractivity contribution is 7.99. The van der Waals surface area contributed by atoms with Crippen LogP contribution in [0.5, 0.6) is 0 Å². The minimum atomic E-state index is -0.296. The molecule has 3 rings (SSSR count). The van der Waals surface area contributed by atoms with E-state index in [1.807, 2.05) is 18.2 Å². The summed E-state index contributed by atoms with van der Waals surface area (Å²) in [6.07, 6.45) is 7.46. The van der Waals surface area contributed by atoms with Crippen molar-refractivity contribution in [3.63, 3.8) is 0 Å². The highest BCUT2D eigenvalue weighted by Crippen LogP contribution is 2.38. The zero-order chi connectivity index (χ0) is 16.1. The summed E-state index contributed by atoms with van der Waals surface area (Å²) in [4.78, 5) is 11.0. The van der Waals surface area contributed by atoms with Crippen molar-refractivity contribution in [2.24, 2.45) is 5.73 Å². The summed E-state index contributed by atoms with van der Waals surface area (Å²) in [6, 6.07) is 10.7. The quantitative estimate of drug-likeness (QED) is 0.756. The molecular formula is C17H20N4OS. The smallest absolute Gasteiger partial charge is 0.217 e. The number of aromatic nitrogens is 3. The number of hydrogen-bond acceptors (Lipinski definition) is 4. The van der Waals surface area contributed by atoms with Crippen LogP contribution in [0.3, 0.4) is 0 Å². The van der Waals surface area contributed by atoms with Crippen LogP contribution in [0.4, 0.5) is 0 Å². The summed E-state index contributed by atoms with van der Waals surface area (Å²) >= 11 is 1.68. The maximum absolute atomic E-state index is 11.0. The number of amides is 1. The summed E-state index contributed by atoms with van der Waals surface area (Å²) in [5, 5.41) is 9.47. The first-order valence-corrected chi connectivity index (χ1v) is 8.79. The molecule has 0 atom stereocenters. The predicted octanol–water partition coefficient (Wildman–Crippen LogP) is 2.84. The van der Waals surface area contributed by atoms with Crippen molar-refractivity contribution in [3.05, 3.63) is 47.8 Å². The second-order valence-electron chi connectivity index (χ2n) is 5.59. The molecule has 1 heterocycles. The molecule has 0 aliphatic heterocycles. The molecule has 0 bridgehead atoms. The molecule has 0 saturated heterocycles. The first kappa shape index (κ1) is 15.8. The van der Waals surface area contributed by atoms with Crippen LogP contribution in [-0.2, 0) is 11.2 Å². The van der Waals surface area contributed by atoms with Crippen molar-refractivity contribution in [2.75, 3.05) is 5.75 Å². The van der Waals surface area contributed by atoms with Gasteiger partial charge in [0.1, 0.15) is 5.82 Å². The van der Waals surface area contributed by atoms with Gasteiger partial charge in [-0.2, -0.15) is 0 Å². The third kappa shape index (κ3) is 4.45. The van der Waals surface area contributed by atoms with Crippen LogP contribution in [-0.4, -0.2) is 26.4 Å². The number of nitrogens with zero attached hydrogens (tertiary/aromatic N) is 3. The Morgan fingerprint density at radius 3 is 2.78 bits per heavy atom. The number of carbonyl (C=O) groups excluding carboxylic acids is 1. The Balaban J connectivity index is 1.61. The van der Waals surface area contributed by atoms with E-state index in [2.05, 4.69) is 39.0 Å². The average molecular weight is 328 g/mol. The van der Waals surface area contributed by atoms with Crippen LogP contribution in [0.15, 0.2) is 41.6 Å². The molecule has 1 fully saturated rings. The minimum absolute atomic E-state index is 0.296. The van der Waals surface area contributed by atoms with Crippen molar-refractivity contribution in [1.82, 2.24) is 14.8 Å². The molecule has 0 spiro atoms. The molecule has 120 valence electrons. The van der Waals surface area contributed by atoms with Gasteiger partial charge in [0.2, 0.25) is 5.91 Å². The number of aryl methyl sites for hydroxylation is 1. The average Bonchev–Trinajstić information content (AvgIpc) is 3.31. The maximum Gasteiger partial charge on any atom is 0.217 e. The Kier molecular flexibility index (Phi) is 5.12. The Bertz CT molecular complexity index is 692. The van der Waals surface area contributed by atoms with Gasteiger partial charge in [-0.05, 0) is 18.4 Å². The second kappa shape index (κ2) is 7.46. The molecule has 2 aromatic rings. The Labute approximate surface area is 140 Å². The van der Waals surface area contributed by atoms with Gasteiger partial charge < -0.3 is 10.3 Å². The number of hydrogen-bond donors (Lipinski definition) is 1. The van der Waals surface area contributed by atoms with E-state index in [4.69, 9.17) is 5.73 Å². The fourth-order valence-corrected chi connectivity index (χ4v) is 3.22. The normalized spacial score (nSPS) is 14.4. The fourth-order valence-electron chi connectivity index (χ4n) is 2.38. The Morgan fingerprint density at radius 1 is 1.30 bits per heavy atom. The third-order valence-corrected chi connectivity index (χ3v) is 4.56. The highest BCUT2D eigenvalue weighted by atomic mass is 32.2. The van der Waals surface area contributed by atoms with Crippen molar-refractivity contribution >= 4 is 23.7 Å². The lowest BCUT2D eigenvalue weighted by Crippen LogP contribution is -2.13. The number of thioether (sulfide) groups is 1. The molecule has 1 aromatic carbocycles. The lowest BCUT2D eigenvalue weighted by molar-refractivity contribution is -0.118. The Morgan fingerprint density at radius 2 is 2.09 bits per heavy atom. The van der Waals surface area contributed by atoms with E-state index in [0.29, 0.717) is 18.9 Å². The number of benzene rings is 1. The van der Waals surface area contributed by atoms with E-state index >= 15 is 0 Å². The van der Waals surface area contributed by atoms with Crippen LogP contribution < -0.4 is 5.73 Å². The molecule has 1 saturated carbocycles. The Hall–Kier alpha value is -2.08. The van der Waals surface area contributed by atoms with Gasteiger partial charge in [0.15, 0.2) is 5.16 Å². The topological polar surface area (TPSA) is 73.8 Å². The van der Waals surface area contributed by atoms with Gasteiger partial charge in [-0.3, -0.25) is 4.79 Å². The molecule has 1 amide bonds. The molecule has 5 nitrogen and oxygen atoms in total. The third-order valence-electron chi connectivity index (χ3n) is 3.66. The van der Waals surface area contributed by atoms with Gasteiger partial charge in [0, 0.05) is 24.6 Å². The van der Waals surface area contributed by atoms with E-state index in [1.54, 1.807) is 11.8 Å². The van der Waals surface area contributed by atoms with Crippen molar-refractivity contribution in [3.8, 4) is 0 Å². The van der Waals surface area contributed by atoms with E-state index in [0.717, 1.165) is 29.6 Å². The summed E-state index contributed by atoms with van der Waals surface area (Å²) < 4.78 is 2.18. The van der Waals surface area contributed by atoms with Crippen LogP contribution in [0.1, 0.15) is 36.7 Å². The number of primary amides is 1. The molecular weight excluding hydrogens is 308 g/mol. The molecule has 0 unspecified atom stereocenters. The molecule has 2 N–H and O–H groups in total. The van der Waals surface area contributed by atoms with Crippen molar-refractivity contribution in [2.45, 2.75) is 36.9 Å². The molecule has 1 aliphatic carbocycles. The lowest BCUT2D eigenvalue weighted by Gasteiger charge is -2.07. The van der Waals surface area contributed by atoms with E-state index in [1.165, 1.54) is 5.56 Å². The summed E-state index contributed by atoms with van der Waals surface area (Å²) in [5.74, 6) is 1.42. The molecule has 1 aliphatic rings. The number of nitrogens with two attached hydrogens (primary N) is 1. The van der Waals surface area contributed by atoms with Gasteiger partial charge in [0.05, 0.1) is 0 Å². The molecule has 23 heavy (non-hydrogen) atoms. The summed E-state index contributed by atoms with van der Waals surface area (Å²) in [5.41, 5.74) is 6.43. The van der Waals surface area contributed by atoms with Crippen LogP contribution >= 0.6 is 11.8 Å². The van der Waals surface area contributed by atoms with Crippen molar-refractivity contribution in [1.29, 1.82) is 0 Å². The van der Waals surface area contributed by atoms with Crippen LogP contribution in [0.25, 0.3) is 6.08 Å². The lowest BCUT2D eigenvalue weighted by atomic mass is 10.2. The van der Waals surface area contributed by atoms with Crippen molar-refractivity contribution < 1.29 is 4.79 Å². The number of rotatable bonds is 8. The van der Waals surface area contributed by atoms with E-state index < -0.39 is 0 Å². The van der Waals surface area contributed by atoms with Gasteiger partial charge >= 0.3 is 0 Å². The van der Waals surface area contributed by atoms with Crippen LogP contribution in [0.2, 0.25) is 0 Å². The monoisotopic (exact) mass is 328 g/mol. The molecule has 0 radical (unpaired) electrons. The zero-order valence-corrected chi connectivity index (χ0v) is 13.7. The first-order chi connectivity index (χ1) is 11.2. The van der Waals surface area contributed by atoms with E-state index in [-0.39, 0.29) is 5.91 Å². The first-order valence-electron chi connectivity index (χ1n) is 7.80. The fraction of sp³-hybridized carbons (Fsp3) is 0.353. The standard InChI is InChI=1S/C17H20N4OS/c18-15(22)10-11-16-19-20-17(21(16)14-8-9-14)23-12-4-7-13-5-2-1-3-6-13/h1-7,14H,8-12H2,(H2,18,22). The SMILES string of the molecule is NC(=O)CCc1nnc(SCC=Cc2ccccc2)n1C1CC1. The predicted molar refractivity (Wildman–Crippen MR) is 92.0 cm³/mol. The zero-order valence-electron chi connectivity index (χ0n) is 12.9. The van der Waals surface area contributed by atoms with Gasteiger partial charge in [-0.15, -0.1) is 10.2 Å². The highest BCUT2D eigenvalue weighted by Gasteiger charge is 2.29. The molecule has 6 heteroatoms. The summed E-state index contributed by atoms with van der Waals surface area (Å²) in [6.45, 7) is 0. The van der Waals surface area contributed by atoms with Gasteiger partial charge in [-0.25, -0.2) is 0 Å². The molecule has 1 aromatic heterocycles.